The topological polar surface area (TPSA) is 40.6 Å². The molecule has 0 aromatic carbocycles. The van der Waals surface area contributed by atoms with Crippen molar-refractivity contribution < 1.29 is 14.0 Å². The Balaban J connectivity index is 2.25. The van der Waals surface area contributed by atoms with Gasteiger partial charge < -0.3 is 14.0 Å². The number of pyridine rings is 1. The van der Waals surface area contributed by atoms with Crippen molar-refractivity contribution in [3.05, 3.63) is 17.8 Å². The number of hydrogen-bond acceptors (Lipinski definition) is 4. The third kappa shape index (κ3) is 2.62. The first-order chi connectivity index (χ1) is 8.77. The first-order valence-electron chi connectivity index (χ1n) is 6.73. The van der Waals surface area contributed by atoms with Gasteiger partial charge in [0.1, 0.15) is 0 Å². The molecule has 0 atom stereocenters. The van der Waals surface area contributed by atoms with Gasteiger partial charge in [-0.25, -0.2) is 4.98 Å². The van der Waals surface area contributed by atoms with Crippen LogP contribution in [0.15, 0.2) is 12.1 Å². The van der Waals surface area contributed by atoms with Gasteiger partial charge in [0, 0.05) is 11.2 Å². The number of aromatic nitrogens is 1. The number of rotatable bonds is 3. The van der Waals surface area contributed by atoms with E-state index in [-0.39, 0.29) is 18.3 Å². The molecule has 5 heteroatoms. The maximum Gasteiger partial charge on any atom is 0.496 e. The van der Waals surface area contributed by atoms with Crippen molar-refractivity contribution in [2.24, 2.45) is 0 Å². The molecule has 0 aliphatic carbocycles. The minimum absolute atomic E-state index is 0.331. The normalized spacial score (nSPS) is 20.6. The molecule has 0 bridgehead atoms. The van der Waals surface area contributed by atoms with Gasteiger partial charge in [0.15, 0.2) is 0 Å². The van der Waals surface area contributed by atoms with E-state index in [1.54, 1.807) is 0 Å². The Morgan fingerprint density at radius 1 is 1.16 bits per heavy atom. The third-order valence-electron chi connectivity index (χ3n) is 3.90. The quantitative estimate of drug-likeness (QED) is 0.783. The van der Waals surface area contributed by atoms with Crippen LogP contribution >= 0.6 is 0 Å². The second kappa shape index (κ2) is 4.80. The largest absolute Gasteiger partial charge is 0.496 e. The van der Waals surface area contributed by atoms with Crippen LogP contribution in [0.5, 0.6) is 5.88 Å². The van der Waals surface area contributed by atoms with Crippen molar-refractivity contribution in [2.45, 2.75) is 52.7 Å². The highest BCUT2D eigenvalue weighted by molar-refractivity contribution is 6.62. The molecule has 2 heterocycles. The SMILES string of the molecule is CCOc1ccc(B2OC(C)(C)C(C)(C)O2)c(C)n1. The predicted octanol–water partition coefficient (Wildman–Crippen LogP) is 2.09. The Hall–Kier alpha value is -1.07. The standard InChI is InChI=1S/C14H22BNO3/c1-7-17-12-9-8-11(10(2)16-12)15-18-13(3,4)14(5,6)19-15/h8-9H,7H2,1-6H3. The molecule has 0 N–H and O–H groups in total. The van der Waals surface area contributed by atoms with Crippen LogP contribution < -0.4 is 10.2 Å². The lowest BCUT2D eigenvalue weighted by Gasteiger charge is -2.32. The molecule has 0 spiro atoms. The van der Waals surface area contributed by atoms with Gasteiger partial charge in [0.25, 0.3) is 0 Å². The Morgan fingerprint density at radius 2 is 1.74 bits per heavy atom. The highest BCUT2D eigenvalue weighted by Crippen LogP contribution is 2.36. The van der Waals surface area contributed by atoms with Gasteiger partial charge in [-0.2, -0.15) is 0 Å². The average molecular weight is 263 g/mol. The van der Waals surface area contributed by atoms with Gasteiger partial charge in [-0.05, 0) is 47.6 Å². The molecular formula is C14H22BNO3. The summed E-state index contributed by atoms with van der Waals surface area (Å²) in [6, 6.07) is 3.83. The molecule has 4 nitrogen and oxygen atoms in total. The van der Waals surface area contributed by atoms with Crippen molar-refractivity contribution in [3.63, 3.8) is 0 Å². The molecule has 1 fully saturated rings. The zero-order valence-electron chi connectivity index (χ0n) is 12.6. The van der Waals surface area contributed by atoms with Crippen LogP contribution in [-0.2, 0) is 9.31 Å². The summed E-state index contributed by atoms with van der Waals surface area (Å²) in [5.74, 6) is 0.639. The molecule has 1 aromatic rings. The van der Waals surface area contributed by atoms with Crippen molar-refractivity contribution in [1.29, 1.82) is 0 Å². The smallest absolute Gasteiger partial charge is 0.478 e. The monoisotopic (exact) mass is 263 g/mol. The van der Waals surface area contributed by atoms with Crippen molar-refractivity contribution in [3.8, 4) is 5.88 Å². The lowest BCUT2D eigenvalue weighted by molar-refractivity contribution is 0.00578. The highest BCUT2D eigenvalue weighted by atomic mass is 16.7. The Morgan fingerprint density at radius 3 is 2.21 bits per heavy atom. The summed E-state index contributed by atoms with van der Waals surface area (Å²) >= 11 is 0. The fourth-order valence-corrected chi connectivity index (χ4v) is 2.00. The fraction of sp³-hybridized carbons (Fsp3) is 0.643. The lowest BCUT2D eigenvalue weighted by Crippen LogP contribution is -2.41. The summed E-state index contributed by atoms with van der Waals surface area (Å²) in [5, 5.41) is 0. The predicted molar refractivity (Wildman–Crippen MR) is 75.9 cm³/mol. The molecule has 1 aromatic heterocycles. The van der Waals surface area contributed by atoms with E-state index in [1.807, 2.05) is 53.7 Å². The van der Waals surface area contributed by atoms with E-state index in [9.17, 15) is 0 Å². The van der Waals surface area contributed by atoms with Crippen molar-refractivity contribution >= 4 is 12.6 Å². The van der Waals surface area contributed by atoms with Crippen LogP contribution in [-0.4, -0.2) is 29.9 Å². The van der Waals surface area contributed by atoms with E-state index in [2.05, 4.69) is 4.98 Å². The lowest BCUT2D eigenvalue weighted by atomic mass is 9.78. The van der Waals surface area contributed by atoms with Crippen LogP contribution in [0.3, 0.4) is 0 Å². The van der Waals surface area contributed by atoms with Gasteiger partial charge in [-0.1, -0.05) is 6.07 Å². The summed E-state index contributed by atoms with van der Waals surface area (Å²) in [5.41, 5.74) is 1.18. The number of aryl methyl sites for hydroxylation is 1. The van der Waals surface area contributed by atoms with Crippen molar-refractivity contribution in [1.82, 2.24) is 4.98 Å². The molecule has 19 heavy (non-hydrogen) atoms. The summed E-state index contributed by atoms with van der Waals surface area (Å²) in [6.45, 7) is 12.7. The zero-order chi connectivity index (χ0) is 14.3. The zero-order valence-corrected chi connectivity index (χ0v) is 12.6. The van der Waals surface area contributed by atoms with E-state index >= 15 is 0 Å². The van der Waals surface area contributed by atoms with E-state index in [1.165, 1.54) is 0 Å². The second-order valence-corrected chi connectivity index (χ2v) is 5.85. The third-order valence-corrected chi connectivity index (χ3v) is 3.90. The Kier molecular flexibility index (Phi) is 3.62. The Bertz CT molecular complexity index is 458. The molecule has 104 valence electrons. The first kappa shape index (κ1) is 14.3. The average Bonchev–Trinajstić information content (AvgIpc) is 2.48. The molecule has 0 saturated carbocycles. The first-order valence-corrected chi connectivity index (χ1v) is 6.73. The number of hydrogen-bond donors (Lipinski definition) is 0. The highest BCUT2D eigenvalue weighted by Gasteiger charge is 2.52. The van der Waals surface area contributed by atoms with Crippen LogP contribution in [0.2, 0.25) is 0 Å². The van der Waals surface area contributed by atoms with E-state index < -0.39 is 0 Å². The summed E-state index contributed by atoms with van der Waals surface area (Å²) in [6.07, 6.45) is 0. The van der Waals surface area contributed by atoms with Gasteiger partial charge in [-0.15, -0.1) is 0 Å². The van der Waals surface area contributed by atoms with E-state index in [0.29, 0.717) is 12.5 Å². The molecule has 0 unspecified atom stereocenters. The summed E-state index contributed by atoms with van der Waals surface area (Å²) < 4.78 is 17.4. The van der Waals surface area contributed by atoms with Crippen LogP contribution in [0.1, 0.15) is 40.3 Å². The molecule has 0 radical (unpaired) electrons. The van der Waals surface area contributed by atoms with Gasteiger partial charge in [-0.3, -0.25) is 0 Å². The van der Waals surface area contributed by atoms with Crippen LogP contribution in [0.4, 0.5) is 0 Å². The minimum Gasteiger partial charge on any atom is -0.478 e. The van der Waals surface area contributed by atoms with E-state index in [4.69, 9.17) is 14.0 Å². The maximum absolute atomic E-state index is 6.03. The van der Waals surface area contributed by atoms with Gasteiger partial charge in [0.2, 0.25) is 5.88 Å². The molecule has 1 aliphatic rings. The molecule has 0 amide bonds. The minimum atomic E-state index is -0.367. The van der Waals surface area contributed by atoms with Gasteiger partial charge in [0.05, 0.1) is 17.8 Å². The van der Waals surface area contributed by atoms with Crippen LogP contribution in [0.25, 0.3) is 0 Å². The fourth-order valence-electron chi connectivity index (χ4n) is 2.00. The summed E-state index contributed by atoms with van der Waals surface area (Å²) in [4.78, 5) is 4.42. The molecule has 2 rings (SSSR count). The van der Waals surface area contributed by atoms with Crippen molar-refractivity contribution in [2.75, 3.05) is 6.61 Å². The number of ether oxygens (including phenoxy) is 1. The van der Waals surface area contributed by atoms with E-state index in [0.717, 1.165) is 11.2 Å². The molecule has 1 aliphatic heterocycles. The van der Waals surface area contributed by atoms with Gasteiger partial charge >= 0.3 is 7.12 Å². The summed E-state index contributed by atoms with van der Waals surface area (Å²) in [7, 11) is -0.367. The molecule has 1 saturated heterocycles. The molecular weight excluding hydrogens is 241 g/mol. The second-order valence-electron chi connectivity index (χ2n) is 5.85. The van der Waals surface area contributed by atoms with Crippen LogP contribution in [0, 0.1) is 6.92 Å². The Labute approximate surface area is 115 Å². The number of nitrogens with zero attached hydrogens (tertiary/aromatic N) is 1. The maximum atomic E-state index is 6.03.